The molecule has 0 unspecified atom stereocenters. The topological polar surface area (TPSA) is 45.0 Å². The standard InChI is InChI=1S/C16H34N2OS/c1-20-16-18-17-14-12-10-8-6-4-2-3-5-7-9-11-13-15-19/h19H,2-16H2,1H3. The highest BCUT2D eigenvalue weighted by Crippen LogP contribution is 2.11. The average molecular weight is 303 g/mol. The van der Waals surface area contributed by atoms with Crippen LogP contribution >= 0.6 is 11.8 Å². The lowest BCUT2D eigenvalue weighted by Gasteiger charge is -2.02. The highest BCUT2D eigenvalue weighted by atomic mass is 32.2. The molecule has 0 heterocycles. The van der Waals surface area contributed by atoms with E-state index in [-0.39, 0.29) is 0 Å². The van der Waals surface area contributed by atoms with Crippen LogP contribution in [0.1, 0.15) is 77.0 Å². The molecule has 4 heteroatoms. The number of azo groups is 1. The molecule has 0 aromatic rings. The molecule has 0 saturated heterocycles. The molecule has 0 amide bonds. The van der Waals surface area contributed by atoms with E-state index < -0.39 is 0 Å². The van der Waals surface area contributed by atoms with Gasteiger partial charge in [0.25, 0.3) is 0 Å². The van der Waals surface area contributed by atoms with Crippen LogP contribution in [-0.2, 0) is 0 Å². The van der Waals surface area contributed by atoms with E-state index in [1.165, 1.54) is 70.6 Å². The summed E-state index contributed by atoms with van der Waals surface area (Å²) in [5, 5.41) is 16.9. The Morgan fingerprint density at radius 2 is 1.10 bits per heavy atom. The number of hydrogen-bond acceptors (Lipinski definition) is 4. The van der Waals surface area contributed by atoms with Gasteiger partial charge in [0.2, 0.25) is 0 Å². The van der Waals surface area contributed by atoms with Crippen LogP contribution in [0.15, 0.2) is 10.2 Å². The molecule has 0 aliphatic rings. The predicted octanol–water partition coefficient (Wildman–Crippen LogP) is 5.43. The monoisotopic (exact) mass is 302 g/mol. The number of rotatable bonds is 16. The van der Waals surface area contributed by atoms with Crippen molar-refractivity contribution in [2.45, 2.75) is 77.0 Å². The second-order valence-electron chi connectivity index (χ2n) is 5.39. The lowest BCUT2D eigenvalue weighted by atomic mass is 10.1. The van der Waals surface area contributed by atoms with Gasteiger partial charge in [-0.15, -0.1) is 11.8 Å². The van der Waals surface area contributed by atoms with E-state index >= 15 is 0 Å². The fourth-order valence-electron chi connectivity index (χ4n) is 2.23. The van der Waals surface area contributed by atoms with Gasteiger partial charge in [-0.25, -0.2) is 0 Å². The van der Waals surface area contributed by atoms with E-state index in [1.54, 1.807) is 11.8 Å². The van der Waals surface area contributed by atoms with Crippen LogP contribution in [0.5, 0.6) is 0 Å². The first kappa shape index (κ1) is 19.9. The summed E-state index contributed by atoms with van der Waals surface area (Å²) >= 11 is 1.72. The van der Waals surface area contributed by atoms with Crippen molar-refractivity contribution in [1.82, 2.24) is 0 Å². The summed E-state index contributed by atoms with van der Waals surface area (Å²) in [6, 6.07) is 0. The van der Waals surface area contributed by atoms with Crippen molar-refractivity contribution in [3.63, 3.8) is 0 Å². The minimum atomic E-state index is 0.360. The van der Waals surface area contributed by atoms with Crippen molar-refractivity contribution in [1.29, 1.82) is 0 Å². The van der Waals surface area contributed by atoms with Crippen molar-refractivity contribution < 1.29 is 5.11 Å². The number of unbranched alkanes of at least 4 members (excludes halogenated alkanes) is 11. The molecule has 0 aromatic carbocycles. The first-order chi connectivity index (χ1) is 9.91. The van der Waals surface area contributed by atoms with Crippen molar-refractivity contribution in [2.24, 2.45) is 10.2 Å². The zero-order chi connectivity index (χ0) is 14.7. The van der Waals surface area contributed by atoms with E-state index in [0.29, 0.717) is 6.61 Å². The molecular formula is C16H34N2OS. The molecule has 0 radical (unpaired) electrons. The molecule has 1 N–H and O–H groups in total. The van der Waals surface area contributed by atoms with Gasteiger partial charge in [-0.1, -0.05) is 64.2 Å². The molecule has 0 rings (SSSR count). The van der Waals surface area contributed by atoms with Gasteiger partial charge < -0.3 is 5.11 Å². The van der Waals surface area contributed by atoms with E-state index in [0.717, 1.165) is 18.8 Å². The highest BCUT2D eigenvalue weighted by Gasteiger charge is 1.93. The third-order valence-corrected chi connectivity index (χ3v) is 3.83. The van der Waals surface area contributed by atoms with Gasteiger partial charge in [0.05, 0.1) is 6.54 Å². The maximum atomic E-state index is 8.67. The Morgan fingerprint density at radius 3 is 1.55 bits per heavy atom. The second-order valence-corrected chi connectivity index (χ2v) is 6.23. The van der Waals surface area contributed by atoms with Gasteiger partial charge in [0.15, 0.2) is 0 Å². The Hall–Kier alpha value is -0.0900. The molecule has 0 aromatic heterocycles. The summed E-state index contributed by atoms with van der Waals surface area (Å²) in [5.41, 5.74) is 0. The van der Waals surface area contributed by atoms with Gasteiger partial charge in [-0.3, -0.25) is 0 Å². The summed E-state index contributed by atoms with van der Waals surface area (Å²) in [5.74, 6) is 0.806. The largest absolute Gasteiger partial charge is 0.396 e. The van der Waals surface area contributed by atoms with E-state index in [2.05, 4.69) is 10.2 Å². The highest BCUT2D eigenvalue weighted by molar-refractivity contribution is 7.98. The third kappa shape index (κ3) is 17.9. The van der Waals surface area contributed by atoms with E-state index in [9.17, 15) is 0 Å². The first-order valence-electron chi connectivity index (χ1n) is 8.35. The summed E-state index contributed by atoms with van der Waals surface area (Å²) in [4.78, 5) is 0. The number of hydrogen-bond donors (Lipinski definition) is 1. The Kier molecular flexibility index (Phi) is 18.8. The molecule has 3 nitrogen and oxygen atoms in total. The van der Waals surface area contributed by atoms with Gasteiger partial charge >= 0.3 is 0 Å². The SMILES string of the molecule is CSCN=NCCCCCCCCCCCCCCO. The lowest BCUT2D eigenvalue weighted by molar-refractivity contribution is 0.282. The minimum Gasteiger partial charge on any atom is -0.396 e. The molecule has 120 valence electrons. The number of aliphatic hydroxyl groups excluding tert-OH is 1. The molecule has 0 aliphatic carbocycles. The van der Waals surface area contributed by atoms with Gasteiger partial charge in [-0.05, 0) is 19.1 Å². The summed E-state index contributed by atoms with van der Waals surface area (Å²) in [7, 11) is 0. The maximum Gasteiger partial charge on any atom is 0.105 e. The van der Waals surface area contributed by atoms with Crippen LogP contribution in [0.4, 0.5) is 0 Å². The lowest BCUT2D eigenvalue weighted by Crippen LogP contribution is -1.85. The fraction of sp³-hybridized carbons (Fsp3) is 1.00. The van der Waals surface area contributed by atoms with Gasteiger partial charge in [0, 0.05) is 6.61 Å². The van der Waals surface area contributed by atoms with Crippen molar-refractivity contribution in [3.05, 3.63) is 0 Å². The molecule has 0 fully saturated rings. The zero-order valence-electron chi connectivity index (χ0n) is 13.4. The summed E-state index contributed by atoms with van der Waals surface area (Å²) in [6.07, 6.45) is 17.7. The Morgan fingerprint density at radius 1 is 0.650 bits per heavy atom. The fourth-order valence-corrected chi connectivity index (χ4v) is 2.43. The molecule has 20 heavy (non-hydrogen) atoms. The Balaban J connectivity index is 2.96. The van der Waals surface area contributed by atoms with Crippen molar-refractivity contribution in [2.75, 3.05) is 25.3 Å². The van der Waals surface area contributed by atoms with E-state index in [4.69, 9.17) is 5.11 Å². The van der Waals surface area contributed by atoms with Crippen LogP contribution in [-0.4, -0.2) is 30.4 Å². The van der Waals surface area contributed by atoms with Crippen molar-refractivity contribution in [3.8, 4) is 0 Å². The van der Waals surface area contributed by atoms with Gasteiger partial charge in [0.1, 0.15) is 5.88 Å². The van der Waals surface area contributed by atoms with Crippen molar-refractivity contribution >= 4 is 11.8 Å². The van der Waals surface area contributed by atoms with E-state index in [1.807, 2.05) is 6.26 Å². The smallest absolute Gasteiger partial charge is 0.105 e. The Labute approximate surface area is 130 Å². The molecule has 0 aliphatic heterocycles. The molecule has 0 saturated carbocycles. The maximum absolute atomic E-state index is 8.67. The summed E-state index contributed by atoms with van der Waals surface area (Å²) in [6.45, 7) is 1.27. The minimum absolute atomic E-state index is 0.360. The predicted molar refractivity (Wildman–Crippen MR) is 90.6 cm³/mol. The normalized spacial score (nSPS) is 11.5. The van der Waals surface area contributed by atoms with Crippen LogP contribution in [0.2, 0.25) is 0 Å². The average Bonchev–Trinajstić information content (AvgIpc) is 2.47. The second kappa shape index (κ2) is 18.9. The van der Waals surface area contributed by atoms with Gasteiger partial charge in [-0.2, -0.15) is 10.2 Å². The molecule has 0 atom stereocenters. The zero-order valence-corrected chi connectivity index (χ0v) is 14.2. The van der Waals surface area contributed by atoms with Crippen LogP contribution in [0.3, 0.4) is 0 Å². The number of aliphatic hydroxyl groups is 1. The van der Waals surface area contributed by atoms with Crippen LogP contribution < -0.4 is 0 Å². The molecular weight excluding hydrogens is 268 g/mol. The quantitative estimate of drug-likeness (QED) is 0.305. The molecule has 0 spiro atoms. The van der Waals surface area contributed by atoms with Crippen LogP contribution in [0.25, 0.3) is 0 Å². The van der Waals surface area contributed by atoms with Crippen LogP contribution in [0, 0.1) is 0 Å². The summed E-state index contributed by atoms with van der Waals surface area (Å²) < 4.78 is 0. The number of thioether (sulfide) groups is 1. The first-order valence-corrected chi connectivity index (χ1v) is 9.74. The third-order valence-electron chi connectivity index (χ3n) is 3.45. The Bertz CT molecular complexity index is 201. The number of nitrogens with zero attached hydrogens (tertiary/aromatic N) is 2. The molecule has 0 bridgehead atoms.